The minimum Gasteiger partial charge on any atom is -0.451 e. The smallest absolute Gasteiger partial charge is 0.180 e. The highest BCUT2D eigenvalue weighted by atomic mass is 16.3. The zero-order valence-electron chi connectivity index (χ0n) is 11.5. The van der Waals surface area contributed by atoms with Gasteiger partial charge in [0.15, 0.2) is 6.39 Å². The number of rotatable bonds is 3. The van der Waals surface area contributed by atoms with Crippen LogP contribution in [-0.2, 0) is 6.54 Å². The van der Waals surface area contributed by atoms with Crippen LogP contribution in [0.4, 0.5) is 0 Å². The van der Waals surface area contributed by atoms with E-state index in [2.05, 4.69) is 28.6 Å². The van der Waals surface area contributed by atoms with Gasteiger partial charge in [-0.15, -0.1) is 0 Å². The predicted molar refractivity (Wildman–Crippen MR) is 69.8 cm³/mol. The predicted octanol–water partition coefficient (Wildman–Crippen LogP) is 2.23. The minimum absolute atomic E-state index is 0.666. The lowest BCUT2D eigenvalue weighted by molar-refractivity contribution is 0.103. The van der Waals surface area contributed by atoms with E-state index in [1.54, 1.807) is 6.26 Å². The average Bonchev–Trinajstić information content (AvgIpc) is 2.85. The fourth-order valence-corrected chi connectivity index (χ4v) is 1.98. The van der Waals surface area contributed by atoms with E-state index in [-0.39, 0.29) is 0 Å². The first-order valence-electron chi connectivity index (χ1n) is 6.59. The summed E-state index contributed by atoms with van der Waals surface area (Å²) in [5.74, 6) is 0. The fourth-order valence-electron chi connectivity index (χ4n) is 1.98. The largest absolute Gasteiger partial charge is 0.451 e. The summed E-state index contributed by atoms with van der Waals surface area (Å²) in [7, 11) is 0. The van der Waals surface area contributed by atoms with E-state index >= 15 is 0 Å². The molecule has 0 atom stereocenters. The van der Waals surface area contributed by atoms with Gasteiger partial charge in [0.1, 0.15) is 6.26 Å². The van der Waals surface area contributed by atoms with Gasteiger partial charge in [-0.25, -0.2) is 4.98 Å². The summed E-state index contributed by atoms with van der Waals surface area (Å²) in [6.45, 7) is 14.0. The highest BCUT2D eigenvalue weighted by molar-refractivity contribution is 4.91. The lowest BCUT2D eigenvalue weighted by Gasteiger charge is -2.36. The van der Waals surface area contributed by atoms with Crippen molar-refractivity contribution in [2.24, 2.45) is 0 Å². The average molecular weight is 239 g/mol. The Labute approximate surface area is 105 Å². The summed E-state index contributed by atoms with van der Waals surface area (Å²) < 4.78 is 4.97. The lowest BCUT2D eigenvalue weighted by atomic mass is 10.2. The van der Waals surface area contributed by atoms with Gasteiger partial charge in [0, 0.05) is 38.8 Å². The molecule has 4 nitrogen and oxygen atoms in total. The van der Waals surface area contributed by atoms with Crippen LogP contribution in [0.5, 0.6) is 0 Å². The molecular weight excluding hydrogens is 214 g/mol. The number of hydrogen-bond acceptors (Lipinski definition) is 4. The molecule has 1 aliphatic rings. The van der Waals surface area contributed by atoms with Gasteiger partial charge >= 0.3 is 0 Å². The van der Waals surface area contributed by atoms with E-state index in [9.17, 15) is 0 Å². The van der Waals surface area contributed by atoms with Crippen LogP contribution in [-0.4, -0.2) is 47.0 Å². The normalized spacial score (nSPS) is 17.9. The molecule has 2 rings (SSSR count). The van der Waals surface area contributed by atoms with Crippen molar-refractivity contribution in [3.8, 4) is 0 Å². The van der Waals surface area contributed by atoms with Crippen LogP contribution in [0.15, 0.2) is 17.1 Å². The van der Waals surface area contributed by atoms with Crippen LogP contribution in [0.2, 0.25) is 0 Å². The van der Waals surface area contributed by atoms with Gasteiger partial charge in [-0.3, -0.25) is 9.80 Å². The van der Waals surface area contributed by atoms with Crippen molar-refractivity contribution in [3.05, 3.63) is 18.4 Å². The summed E-state index contributed by atoms with van der Waals surface area (Å²) in [6, 6.07) is 0.666. The first-order chi connectivity index (χ1) is 8.25. The first kappa shape index (κ1) is 14.2. The molecule has 0 bridgehead atoms. The third-order valence-electron chi connectivity index (χ3n) is 3.01. The Kier molecular flexibility index (Phi) is 6.22. The third kappa shape index (κ3) is 4.48. The number of aromatic nitrogens is 1. The molecule has 4 heteroatoms. The van der Waals surface area contributed by atoms with Crippen molar-refractivity contribution in [3.63, 3.8) is 0 Å². The Morgan fingerprint density at radius 2 is 1.88 bits per heavy atom. The third-order valence-corrected chi connectivity index (χ3v) is 3.01. The zero-order valence-corrected chi connectivity index (χ0v) is 11.5. The van der Waals surface area contributed by atoms with Crippen molar-refractivity contribution in [1.82, 2.24) is 14.8 Å². The van der Waals surface area contributed by atoms with Crippen molar-refractivity contribution >= 4 is 0 Å². The fraction of sp³-hybridized carbons (Fsp3) is 0.769. The van der Waals surface area contributed by atoms with Gasteiger partial charge < -0.3 is 4.42 Å². The molecule has 1 fully saturated rings. The highest BCUT2D eigenvalue weighted by Gasteiger charge is 2.18. The van der Waals surface area contributed by atoms with E-state index < -0.39 is 0 Å². The maximum Gasteiger partial charge on any atom is 0.180 e. The van der Waals surface area contributed by atoms with E-state index in [0.29, 0.717) is 6.04 Å². The van der Waals surface area contributed by atoms with Crippen LogP contribution >= 0.6 is 0 Å². The van der Waals surface area contributed by atoms with Gasteiger partial charge in [-0.1, -0.05) is 13.8 Å². The van der Waals surface area contributed by atoms with E-state index in [1.807, 2.05) is 13.8 Å². The topological polar surface area (TPSA) is 32.5 Å². The van der Waals surface area contributed by atoms with Gasteiger partial charge in [0.25, 0.3) is 0 Å². The standard InChI is InChI=1S/C11H19N3O.C2H6/c1-10(2)14-5-3-13(4-6-14)7-11-8-15-9-12-11;1-2/h8-10H,3-7H2,1-2H3;1-2H3. The van der Waals surface area contributed by atoms with Gasteiger partial charge in [-0.05, 0) is 13.8 Å². The molecule has 17 heavy (non-hydrogen) atoms. The van der Waals surface area contributed by atoms with Crippen LogP contribution in [0.25, 0.3) is 0 Å². The molecule has 0 N–H and O–H groups in total. The Hall–Kier alpha value is -0.870. The molecule has 0 aliphatic carbocycles. The number of hydrogen-bond donors (Lipinski definition) is 0. The number of piperazine rings is 1. The minimum atomic E-state index is 0.666. The van der Waals surface area contributed by atoms with E-state index in [1.165, 1.54) is 6.39 Å². The molecule has 1 aromatic rings. The summed E-state index contributed by atoms with van der Waals surface area (Å²) >= 11 is 0. The van der Waals surface area contributed by atoms with Gasteiger partial charge in [-0.2, -0.15) is 0 Å². The number of nitrogens with zero attached hydrogens (tertiary/aromatic N) is 3. The van der Waals surface area contributed by atoms with Crippen LogP contribution < -0.4 is 0 Å². The lowest BCUT2D eigenvalue weighted by Crippen LogP contribution is -2.48. The molecule has 98 valence electrons. The second-order valence-corrected chi connectivity index (χ2v) is 4.39. The monoisotopic (exact) mass is 239 g/mol. The summed E-state index contributed by atoms with van der Waals surface area (Å²) in [6.07, 6.45) is 3.23. The van der Waals surface area contributed by atoms with Crippen molar-refractivity contribution in [1.29, 1.82) is 0 Å². The Balaban J connectivity index is 0.000000686. The van der Waals surface area contributed by atoms with Crippen molar-refractivity contribution < 1.29 is 4.42 Å². The molecule has 1 saturated heterocycles. The van der Waals surface area contributed by atoms with Crippen molar-refractivity contribution in [2.75, 3.05) is 26.2 Å². The Bertz CT molecular complexity index is 277. The Morgan fingerprint density at radius 1 is 1.24 bits per heavy atom. The number of oxazole rings is 1. The zero-order chi connectivity index (χ0) is 12.7. The van der Waals surface area contributed by atoms with E-state index in [4.69, 9.17) is 4.42 Å². The summed E-state index contributed by atoms with van der Waals surface area (Å²) in [5, 5.41) is 0. The quantitative estimate of drug-likeness (QED) is 0.809. The molecule has 0 amide bonds. The molecule has 2 heterocycles. The molecule has 1 aliphatic heterocycles. The molecule has 0 radical (unpaired) electrons. The molecular formula is C13H25N3O. The first-order valence-corrected chi connectivity index (χ1v) is 6.59. The maximum atomic E-state index is 4.97. The molecule has 0 spiro atoms. The van der Waals surface area contributed by atoms with Crippen LogP contribution in [0.3, 0.4) is 0 Å². The summed E-state index contributed by atoms with van der Waals surface area (Å²) in [5.41, 5.74) is 1.04. The van der Waals surface area contributed by atoms with Gasteiger partial charge in [0.2, 0.25) is 0 Å². The molecule has 1 aromatic heterocycles. The molecule has 0 unspecified atom stereocenters. The Morgan fingerprint density at radius 3 is 2.35 bits per heavy atom. The van der Waals surface area contributed by atoms with Crippen molar-refractivity contribution in [2.45, 2.75) is 40.3 Å². The van der Waals surface area contributed by atoms with Crippen LogP contribution in [0, 0.1) is 0 Å². The second-order valence-electron chi connectivity index (χ2n) is 4.39. The molecule has 0 saturated carbocycles. The highest BCUT2D eigenvalue weighted by Crippen LogP contribution is 2.08. The van der Waals surface area contributed by atoms with Gasteiger partial charge in [0.05, 0.1) is 5.69 Å². The SMILES string of the molecule is CC.CC(C)N1CCN(Cc2cocn2)CC1. The molecule has 0 aromatic carbocycles. The van der Waals surface area contributed by atoms with Crippen LogP contribution in [0.1, 0.15) is 33.4 Å². The summed E-state index contributed by atoms with van der Waals surface area (Å²) in [4.78, 5) is 9.08. The maximum absolute atomic E-state index is 4.97. The van der Waals surface area contributed by atoms with E-state index in [0.717, 1.165) is 38.4 Å². The second kappa shape index (κ2) is 7.45.